The van der Waals surface area contributed by atoms with Crippen LogP contribution in [-0.2, 0) is 9.59 Å². The number of halogens is 1. The molecule has 18 heavy (non-hydrogen) atoms. The first-order valence-electron chi connectivity index (χ1n) is 6.05. The van der Waals surface area contributed by atoms with E-state index in [1.807, 2.05) is 6.92 Å². The molecule has 0 aromatic rings. The van der Waals surface area contributed by atoms with Gasteiger partial charge in [-0.2, -0.15) is 0 Å². The summed E-state index contributed by atoms with van der Waals surface area (Å²) in [5.41, 5.74) is 0. The Kier molecular flexibility index (Phi) is 13.4. The summed E-state index contributed by atoms with van der Waals surface area (Å²) in [6, 6.07) is 0. The number of carbonyl (C=O) groups is 2. The number of hydrogen-bond donors (Lipinski definition) is 0. The minimum absolute atomic E-state index is 0. The van der Waals surface area contributed by atoms with Crippen LogP contribution >= 0.6 is 0 Å². The molecule has 1 amide bonds. The van der Waals surface area contributed by atoms with Gasteiger partial charge in [-0.3, -0.25) is 4.79 Å². The van der Waals surface area contributed by atoms with Crippen LogP contribution in [0, 0.1) is 0 Å². The minimum atomic E-state index is -1.27. The third-order valence-corrected chi connectivity index (χ3v) is 2.55. The second-order valence-electron chi connectivity index (χ2n) is 4.25. The number of rotatable bonds is 9. The van der Waals surface area contributed by atoms with Crippen LogP contribution in [0.4, 0.5) is 4.39 Å². The van der Waals surface area contributed by atoms with Gasteiger partial charge in [0.25, 0.3) is 0 Å². The molecule has 0 aliphatic rings. The van der Waals surface area contributed by atoms with E-state index in [2.05, 4.69) is 0 Å². The summed E-state index contributed by atoms with van der Waals surface area (Å²) in [5.74, 6) is -1.51. The zero-order chi connectivity index (χ0) is 13.3. The Morgan fingerprint density at radius 3 is 2.39 bits per heavy atom. The molecule has 0 aromatic heterocycles. The summed E-state index contributed by atoms with van der Waals surface area (Å²) < 4.78 is 13.1. The van der Waals surface area contributed by atoms with E-state index >= 15 is 0 Å². The maximum atomic E-state index is 13.1. The molecule has 0 saturated carbocycles. The van der Waals surface area contributed by atoms with Gasteiger partial charge in [-0.05, 0) is 19.3 Å². The zero-order valence-electron chi connectivity index (χ0n) is 11.6. The average Bonchev–Trinajstić information content (AvgIpc) is 2.23. The normalized spacial score (nSPS) is 11.5. The van der Waals surface area contributed by atoms with Crippen LogP contribution in [0.2, 0.25) is 0 Å². The van der Waals surface area contributed by atoms with Crippen LogP contribution in [0.15, 0.2) is 0 Å². The third kappa shape index (κ3) is 11.0. The van der Waals surface area contributed by atoms with Gasteiger partial charge < -0.3 is 14.8 Å². The smallest absolute Gasteiger partial charge is 0.548 e. The fourth-order valence-corrected chi connectivity index (χ4v) is 1.57. The number of likely N-dealkylation sites (N-methyl/N-ethyl adjacent to an activating group) is 1. The van der Waals surface area contributed by atoms with Gasteiger partial charge in [-0.15, -0.1) is 0 Å². The molecule has 6 heteroatoms. The third-order valence-electron chi connectivity index (χ3n) is 2.55. The predicted octanol–water partition coefficient (Wildman–Crippen LogP) is -2.10. The number of unbranched alkanes of at least 4 members (excludes halogenated alkanes) is 1. The SMILES string of the molecule is CCCC(F)CCCCC(=O)N(C)CC(=O)[O-].[Na+]. The van der Waals surface area contributed by atoms with Crippen molar-refractivity contribution in [2.24, 2.45) is 0 Å². The van der Waals surface area contributed by atoms with Crippen molar-refractivity contribution < 1.29 is 48.6 Å². The molecule has 0 fully saturated rings. The van der Waals surface area contributed by atoms with Crippen molar-refractivity contribution >= 4 is 11.9 Å². The van der Waals surface area contributed by atoms with Crippen molar-refractivity contribution in [2.45, 2.75) is 51.6 Å². The molecule has 1 atom stereocenters. The van der Waals surface area contributed by atoms with Crippen LogP contribution in [0.3, 0.4) is 0 Å². The van der Waals surface area contributed by atoms with Crippen molar-refractivity contribution in [3.8, 4) is 0 Å². The van der Waals surface area contributed by atoms with Gasteiger partial charge in [0.1, 0.15) is 6.17 Å². The van der Waals surface area contributed by atoms with Crippen molar-refractivity contribution in [3.05, 3.63) is 0 Å². The van der Waals surface area contributed by atoms with Gasteiger partial charge in [0.2, 0.25) is 5.91 Å². The molecule has 4 nitrogen and oxygen atoms in total. The van der Waals surface area contributed by atoms with Crippen LogP contribution in [0.1, 0.15) is 45.4 Å². The number of nitrogens with zero attached hydrogens (tertiary/aromatic N) is 1. The number of alkyl halides is 1. The minimum Gasteiger partial charge on any atom is -0.548 e. The maximum absolute atomic E-state index is 13.1. The Balaban J connectivity index is 0. The number of aliphatic carboxylic acids is 1. The molecule has 0 N–H and O–H groups in total. The Morgan fingerprint density at radius 1 is 1.28 bits per heavy atom. The van der Waals surface area contributed by atoms with Gasteiger partial charge in [-0.25, -0.2) is 4.39 Å². The Hall–Kier alpha value is -0.130. The topological polar surface area (TPSA) is 60.4 Å². The van der Waals surface area contributed by atoms with Gasteiger partial charge in [0, 0.05) is 13.5 Å². The van der Waals surface area contributed by atoms with Crippen LogP contribution in [-0.4, -0.2) is 36.5 Å². The second kappa shape index (κ2) is 11.9. The number of hydrogen-bond acceptors (Lipinski definition) is 3. The monoisotopic (exact) mass is 269 g/mol. The van der Waals surface area contributed by atoms with Crippen molar-refractivity contribution in [3.63, 3.8) is 0 Å². The quantitative estimate of drug-likeness (QED) is 0.356. The first-order chi connectivity index (χ1) is 7.97. The Morgan fingerprint density at radius 2 is 1.89 bits per heavy atom. The van der Waals surface area contributed by atoms with Gasteiger partial charge in [-0.1, -0.05) is 19.8 Å². The van der Waals surface area contributed by atoms with E-state index in [9.17, 15) is 19.1 Å². The Bertz CT molecular complexity index is 251. The van der Waals surface area contributed by atoms with Crippen molar-refractivity contribution in [1.29, 1.82) is 0 Å². The van der Waals surface area contributed by atoms with Gasteiger partial charge in [0.05, 0.1) is 12.5 Å². The summed E-state index contributed by atoms with van der Waals surface area (Å²) in [6.07, 6.45) is 2.61. The standard InChI is InChI=1S/C12H22FNO3.Na/c1-3-6-10(13)7-4-5-8-11(15)14(2)9-12(16)17;/h10H,3-9H2,1-2H3,(H,16,17);/q;+1/p-1. The fourth-order valence-electron chi connectivity index (χ4n) is 1.57. The number of carboxylic acids is 1. The van der Waals surface area contributed by atoms with Crippen LogP contribution in [0.25, 0.3) is 0 Å². The molecule has 100 valence electrons. The van der Waals surface area contributed by atoms with E-state index in [-0.39, 0.29) is 48.4 Å². The molecule has 0 bridgehead atoms. The summed E-state index contributed by atoms with van der Waals surface area (Å²) >= 11 is 0. The number of carbonyl (C=O) groups excluding carboxylic acids is 2. The molecular formula is C12H21FNNaO3. The molecule has 0 aliphatic carbocycles. The fraction of sp³-hybridized carbons (Fsp3) is 0.833. The summed E-state index contributed by atoms with van der Waals surface area (Å²) in [5, 5.41) is 10.3. The molecule has 0 radical (unpaired) electrons. The second-order valence-corrected chi connectivity index (χ2v) is 4.25. The molecule has 0 rings (SSSR count). The van der Waals surface area contributed by atoms with Gasteiger partial charge >= 0.3 is 29.6 Å². The number of amides is 1. The van der Waals surface area contributed by atoms with Crippen molar-refractivity contribution in [1.82, 2.24) is 4.90 Å². The average molecular weight is 269 g/mol. The van der Waals surface area contributed by atoms with E-state index < -0.39 is 12.1 Å². The Labute approximate surface area is 130 Å². The number of carboxylic acid groups (broad SMARTS) is 1. The molecule has 0 spiro atoms. The summed E-state index contributed by atoms with van der Waals surface area (Å²) in [6.45, 7) is 1.55. The van der Waals surface area contributed by atoms with Crippen molar-refractivity contribution in [2.75, 3.05) is 13.6 Å². The van der Waals surface area contributed by atoms with E-state index in [0.29, 0.717) is 25.7 Å². The largest absolute Gasteiger partial charge is 1.00 e. The zero-order valence-corrected chi connectivity index (χ0v) is 13.6. The maximum Gasteiger partial charge on any atom is 1.00 e. The predicted molar refractivity (Wildman–Crippen MR) is 60.9 cm³/mol. The molecule has 0 heterocycles. The molecule has 0 saturated heterocycles. The molecular weight excluding hydrogens is 248 g/mol. The first kappa shape index (κ1) is 20.2. The van der Waals surface area contributed by atoms with E-state index in [4.69, 9.17) is 0 Å². The van der Waals surface area contributed by atoms with Crippen LogP contribution in [0.5, 0.6) is 0 Å². The molecule has 1 unspecified atom stereocenters. The van der Waals surface area contributed by atoms with E-state index in [0.717, 1.165) is 11.3 Å². The summed E-state index contributed by atoms with van der Waals surface area (Å²) in [4.78, 5) is 22.8. The summed E-state index contributed by atoms with van der Waals surface area (Å²) in [7, 11) is 1.42. The van der Waals surface area contributed by atoms with Gasteiger partial charge in [0.15, 0.2) is 0 Å². The molecule has 0 aliphatic heterocycles. The van der Waals surface area contributed by atoms with E-state index in [1.54, 1.807) is 0 Å². The molecule has 0 aromatic carbocycles. The first-order valence-corrected chi connectivity index (χ1v) is 6.05. The van der Waals surface area contributed by atoms with Crippen LogP contribution < -0.4 is 34.7 Å². The van der Waals surface area contributed by atoms with E-state index in [1.165, 1.54) is 7.05 Å².